The maximum absolute atomic E-state index is 5.84. The van der Waals surface area contributed by atoms with E-state index in [2.05, 4.69) is 55.0 Å². The highest BCUT2D eigenvalue weighted by molar-refractivity contribution is 5.79. The molecule has 0 spiro atoms. The number of furan rings is 1. The second-order valence-electron chi connectivity index (χ2n) is 5.02. The summed E-state index contributed by atoms with van der Waals surface area (Å²) in [5.74, 6) is 0. The van der Waals surface area contributed by atoms with Gasteiger partial charge in [0.25, 0.3) is 0 Å². The molecule has 0 aliphatic carbocycles. The highest BCUT2D eigenvalue weighted by Crippen LogP contribution is 2.10. The van der Waals surface area contributed by atoms with Crippen molar-refractivity contribution >= 4 is 30.0 Å². The molecule has 0 radical (unpaired) electrons. The van der Waals surface area contributed by atoms with E-state index in [0.717, 1.165) is 28.0 Å². The van der Waals surface area contributed by atoms with Crippen LogP contribution < -0.4 is 10.6 Å². The highest BCUT2D eigenvalue weighted by Gasteiger charge is 2.02. The standard InChI is InChI=1S/C19H17NO/c1-14-7-3-4-8-15(14)11-12-17-16-9-5-6-10-18(16)21-19(17)13-20-2/h3-10,12-13H,2,11H2,1H3/b17-12-,19-13+. The maximum atomic E-state index is 5.84. The first-order valence-electron chi connectivity index (χ1n) is 6.98. The van der Waals surface area contributed by atoms with Crippen molar-refractivity contribution in [3.63, 3.8) is 0 Å². The topological polar surface area (TPSA) is 25.5 Å². The van der Waals surface area contributed by atoms with Gasteiger partial charge in [-0.15, -0.1) is 0 Å². The van der Waals surface area contributed by atoms with Crippen LogP contribution in [0.3, 0.4) is 0 Å². The molecule has 0 saturated carbocycles. The summed E-state index contributed by atoms with van der Waals surface area (Å²) in [5.41, 5.74) is 4.26. The molecule has 1 heterocycles. The SMILES string of the molecule is C=N/C=c1/oc2ccccc2/c1=C/Cc1ccccc1C. The van der Waals surface area contributed by atoms with Crippen molar-refractivity contribution in [1.82, 2.24) is 0 Å². The number of aryl methyl sites for hydroxylation is 1. The fraction of sp³-hybridized carbons (Fsp3) is 0.105. The van der Waals surface area contributed by atoms with Gasteiger partial charge in [0.15, 0.2) is 5.42 Å². The summed E-state index contributed by atoms with van der Waals surface area (Å²) >= 11 is 0. The molecule has 21 heavy (non-hydrogen) atoms. The number of hydrogen-bond acceptors (Lipinski definition) is 2. The molecular formula is C19H17NO. The van der Waals surface area contributed by atoms with Gasteiger partial charge in [0, 0.05) is 10.6 Å². The molecule has 0 aliphatic heterocycles. The molecular weight excluding hydrogens is 258 g/mol. The molecule has 0 fully saturated rings. The lowest BCUT2D eigenvalue weighted by Crippen LogP contribution is -2.20. The summed E-state index contributed by atoms with van der Waals surface area (Å²) in [5, 5.41) is 2.20. The van der Waals surface area contributed by atoms with Gasteiger partial charge in [0.1, 0.15) is 5.58 Å². The van der Waals surface area contributed by atoms with Gasteiger partial charge in [-0.1, -0.05) is 48.5 Å². The zero-order valence-electron chi connectivity index (χ0n) is 12.0. The zero-order valence-corrected chi connectivity index (χ0v) is 12.0. The molecule has 0 saturated heterocycles. The van der Waals surface area contributed by atoms with Crippen molar-refractivity contribution in [2.24, 2.45) is 4.99 Å². The summed E-state index contributed by atoms with van der Waals surface area (Å²) in [7, 11) is 0. The second-order valence-corrected chi connectivity index (χ2v) is 5.02. The fourth-order valence-electron chi connectivity index (χ4n) is 2.52. The van der Waals surface area contributed by atoms with Gasteiger partial charge in [-0.3, -0.25) is 4.99 Å². The number of hydrogen-bond donors (Lipinski definition) is 0. The van der Waals surface area contributed by atoms with Gasteiger partial charge in [-0.05, 0) is 37.3 Å². The first kappa shape index (κ1) is 13.4. The minimum atomic E-state index is 0.764. The predicted octanol–water partition coefficient (Wildman–Crippen LogP) is 3.20. The Morgan fingerprint density at radius 1 is 1.10 bits per heavy atom. The van der Waals surface area contributed by atoms with Crippen LogP contribution in [-0.2, 0) is 6.42 Å². The molecule has 104 valence electrons. The number of benzene rings is 2. The van der Waals surface area contributed by atoms with Crippen LogP contribution in [0.5, 0.6) is 0 Å². The summed E-state index contributed by atoms with van der Waals surface area (Å²) in [6.45, 7) is 5.65. The lowest BCUT2D eigenvalue weighted by Gasteiger charge is -2.00. The van der Waals surface area contributed by atoms with Crippen LogP contribution >= 0.6 is 0 Å². The van der Waals surface area contributed by atoms with Crippen LogP contribution in [0.4, 0.5) is 0 Å². The minimum absolute atomic E-state index is 0.764. The quantitative estimate of drug-likeness (QED) is 0.674. The molecule has 2 aromatic carbocycles. The number of rotatable bonds is 3. The van der Waals surface area contributed by atoms with Gasteiger partial charge in [0.2, 0.25) is 0 Å². The normalized spacial score (nSPS) is 13.0. The molecule has 0 amide bonds. The molecule has 0 atom stereocenters. The smallest absolute Gasteiger partial charge is 0.153 e. The second kappa shape index (κ2) is 5.80. The summed E-state index contributed by atoms with van der Waals surface area (Å²) < 4.78 is 5.84. The summed E-state index contributed by atoms with van der Waals surface area (Å²) in [6.07, 6.45) is 4.74. The van der Waals surface area contributed by atoms with Crippen molar-refractivity contribution < 1.29 is 4.42 Å². The Hall–Kier alpha value is -2.61. The van der Waals surface area contributed by atoms with E-state index < -0.39 is 0 Å². The van der Waals surface area contributed by atoms with Crippen LogP contribution in [-0.4, -0.2) is 6.72 Å². The van der Waals surface area contributed by atoms with Gasteiger partial charge < -0.3 is 4.42 Å². The molecule has 3 rings (SSSR count). The van der Waals surface area contributed by atoms with E-state index in [-0.39, 0.29) is 0 Å². The van der Waals surface area contributed by atoms with Gasteiger partial charge in [0.05, 0.1) is 6.20 Å². The van der Waals surface area contributed by atoms with Crippen molar-refractivity contribution in [2.45, 2.75) is 13.3 Å². The Morgan fingerprint density at radius 2 is 1.86 bits per heavy atom. The third-order valence-corrected chi connectivity index (χ3v) is 3.66. The van der Waals surface area contributed by atoms with Crippen LogP contribution in [0.15, 0.2) is 57.9 Å². The lowest BCUT2D eigenvalue weighted by molar-refractivity contribution is 0.574. The molecule has 0 unspecified atom stereocenters. The first-order chi connectivity index (χ1) is 10.3. The molecule has 2 nitrogen and oxygen atoms in total. The molecule has 0 N–H and O–H groups in total. The first-order valence-corrected chi connectivity index (χ1v) is 6.98. The Morgan fingerprint density at radius 3 is 2.67 bits per heavy atom. The monoisotopic (exact) mass is 275 g/mol. The van der Waals surface area contributed by atoms with E-state index in [9.17, 15) is 0 Å². The van der Waals surface area contributed by atoms with E-state index >= 15 is 0 Å². The van der Waals surface area contributed by atoms with Crippen LogP contribution in [0.2, 0.25) is 0 Å². The third-order valence-electron chi connectivity index (χ3n) is 3.66. The summed E-state index contributed by atoms with van der Waals surface area (Å²) in [4.78, 5) is 3.85. The average Bonchev–Trinajstić information content (AvgIpc) is 2.84. The highest BCUT2D eigenvalue weighted by atomic mass is 16.3. The van der Waals surface area contributed by atoms with Gasteiger partial charge in [-0.25, -0.2) is 0 Å². The average molecular weight is 275 g/mol. The predicted molar refractivity (Wildman–Crippen MR) is 88.8 cm³/mol. The third kappa shape index (κ3) is 2.65. The number of nitrogens with zero attached hydrogens (tertiary/aromatic N) is 1. The van der Waals surface area contributed by atoms with Gasteiger partial charge in [-0.2, -0.15) is 0 Å². The van der Waals surface area contributed by atoms with Crippen molar-refractivity contribution in [3.05, 3.63) is 70.3 Å². The summed E-state index contributed by atoms with van der Waals surface area (Å²) in [6, 6.07) is 16.5. The Kier molecular flexibility index (Phi) is 3.69. The number of aliphatic imine (C=N–C) groups is 1. The van der Waals surface area contributed by atoms with Crippen molar-refractivity contribution in [2.75, 3.05) is 0 Å². The Bertz CT molecular complexity index is 903. The molecule has 2 heteroatoms. The van der Waals surface area contributed by atoms with E-state index in [1.807, 2.05) is 18.2 Å². The van der Waals surface area contributed by atoms with E-state index in [4.69, 9.17) is 4.42 Å². The van der Waals surface area contributed by atoms with Crippen molar-refractivity contribution in [1.29, 1.82) is 0 Å². The molecule has 3 aromatic rings. The fourth-order valence-corrected chi connectivity index (χ4v) is 2.52. The number of fused-ring (bicyclic) bond motifs is 1. The lowest BCUT2D eigenvalue weighted by atomic mass is 10.0. The Balaban J connectivity index is 2.17. The number of para-hydroxylation sites is 1. The van der Waals surface area contributed by atoms with E-state index in [0.29, 0.717) is 0 Å². The van der Waals surface area contributed by atoms with Crippen molar-refractivity contribution in [3.8, 4) is 0 Å². The molecule has 0 aliphatic rings. The van der Waals surface area contributed by atoms with Crippen LogP contribution in [0.1, 0.15) is 11.1 Å². The van der Waals surface area contributed by atoms with E-state index in [1.54, 1.807) is 6.20 Å². The molecule has 1 aromatic heterocycles. The molecule has 0 bridgehead atoms. The Labute approximate surface area is 123 Å². The van der Waals surface area contributed by atoms with Crippen LogP contribution in [0, 0.1) is 6.92 Å². The van der Waals surface area contributed by atoms with Crippen LogP contribution in [0.25, 0.3) is 23.2 Å². The van der Waals surface area contributed by atoms with Gasteiger partial charge >= 0.3 is 0 Å². The zero-order chi connectivity index (χ0) is 14.7. The maximum Gasteiger partial charge on any atom is 0.153 e. The van der Waals surface area contributed by atoms with E-state index in [1.165, 1.54) is 11.1 Å². The largest absolute Gasteiger partial charge is 0.454 e. The minimum Gasteiger partial charge on any atom is -0.454 e.